The fourth-order valence-corrected chi connectivity index (χ4v) is 3.01. The van der Waals surface area contributed by atoms with Crippen molar-refractivity contribution in [1.82, 2.24) is 15.6 Å². The number of carbonyl (C=O) groups is 2. The second-order valence-electron chi connectivity index (χ2n) is 7.15. The number of thiazole rings is 1. The van der Waals surface area contributed by atoms with E-state index in [0.29, 0.717) is 18.0 Å². The van der Waals surface area contributed by atoms with Gasteiger partial charge >= 0.3 is 6.09 Å². The molecule has 2 amide bonds. The predicted molar refractivity (Wildman–Crippen MR) is 111 cm³/mol. The summed E-state index contributed by atoms with van der Waals surface area (Å²) in [6.07, 6.45) is -0.447. The van der Waals surface area contributed by atoms with Crippen LogP contribution in [0.1, 0.15) is 43.7 Å². The van der Waals surface area contributed by atoms with Crippen LogP contribution in [-0.4, -0.2) is 34.4 Å². The highest BCUT2D eigenvalue weighted by molar-refractivity contribution is 7.80. The summed E-state index contributed by atoms with van der Waals surface area (Å²) in [6.45, 7) is 7.74. The molecule has 0 bridgehead atoms. The Hall–Kier alpha value is -2.06. The summed E-state index contributed by atoms with van der Waals surface area (Å²) in [5, 5.41) is 8.08. The molecule has 0 radical (unpaired) electrons. The molecule has 2 N–H and O–H groups in total. The van der Waals surface area contributed by atoms with Crippen LogP contribution < -0.4 is 10.6 Å². The number of benzene rings is 1. The maximum Gasteiger partial charge on any atom is 0.407 e. The van der Waals surface area contributed by atoms with E-state index in [1.165, 1.54) is 11.3 Å². The van der Waals surface area contributed by atoms with Crippen molar-refractivity contribution in [2.75, 3.05) is 5.75 Å². The molecule has 8 heteroatoms. The van der Waals surface area contributed by atoms with E-state index in [1.807, 2.05) is 52.0 Å². The van der Waals surface area contributed by atoms with E-state index >= 15 is 0 Å². The van der Waals surface area contributed by atoms with Crippen LogP contribution in [0, 0.1) is 0 Å². The molecule has 0 saturated heterocycles. The molecular weight excluding hydrogens is 382 g/mol. The Balaban J connectivity index is 1.95. The zero-order valence-corrected chi connectivity index (χ0v) is 17.6. The number of nitrogens with one attached hydrogen (secondary N) is 2. The van der Waals surface area contributed by atoms with Gasteiger partial charge in [0, 0.05) is 29.3 Å². The van der Waals surface area contributed by atoms with Gasteiger partial charge in [-0.3, -0.25) is 4.79 Å². The van der Waals surface area contributed by atoms with Crippen LogP contribution in [0.2, 0.25) is 0 Å². The number of hydrogen-bond donors (Lipinski definition) is 3. The molecule has 1 aromatic carbocycles. The number of rotatable bonds is 6. The summed E-state index contributed by atoms with van der Waals surface area (Å²) in [5.41, 5.74) is 1.75. The van der Waals surface area contributed by atoms with E-state index in [1.54, 1.807) is 5.38 Å². The molecule has 1 heterocycles. The summed E-state index contributed by atoms with van der Waals surface area (Å²) in [7, 11) is 0. The normalized spacial score (nSPS) is 12.3. The first-order chi connectivity index (χ1) is 12.7. The Labute approximate surface area is 169 Å². The molecule has 2 rings (SSSR count). The van der Waals surface area contributed by atoms with Crippen LogP contribution in [0.25, 0.3) is 10.6 Å². The summed E-state index contributed by atoms with van der Waals surface area (Å²) in [4.78, 5) is 28.2. The van der Waals surface area contributed by atoms with Crippen molar-refractivity contribution < 1.29 is 14.3 Å². The van der Waals surface area contributed by atoms with Gasteiger partial charge in [0.15, 0.2) is 0 Å². The highest BCUT2D eigenvalue weighted by Gasteiger charge is 2.16. The Bertz CT molecular complexity index is 782. The van der Waals surface area contributed by atoms with Crippen molar-refractivity contribution in [3.8, 4) is 10.6 Å². The van der Waals surface area contributed by atoms with E-state index in [9.17, 15) is 9.59 Å². The lowest BCUT2D eigenvalue weighted by Gasteiger charge is -2.19. The minimum Gasteiger partial charge on any atom is -0.444 e. The van der Waals surface area contributed by atoms with Gasteiger partial charge in [-0.05, 0) is 33.3 Å². The fraction of sp³-hybridized carbons (Fsp3) is 0.421. The number of amides is 2. The molecule has 1 atom stereocenters. The summed E-state index contributed by atoms with van der Waals surface area (Å²) >= 11 is 5.57. The zero-order chi connectivity index (χ0) is 20.0. The van der Waals surface area contributed by atoms with Crippen molar-refractivity contribution in [3.63, 3.8) is 0 Å². The highest BCUT2D eigenvalue weighted by Crippen LogP contribution is 2.24. The van der Waals surface area contributed by atoms with E-state index in [0.717, 1.165) is 16.1 Å². The molecule has 146 valence electrons. The third kappa shape index (κ3) is 6.88. The Kier molecular flexibility index (Phi) is 7.26. The van der Waals surface area contributed by atoms with E-state index in [-0.39, 0.29) is 11.9 Å². The number of nitrogens with zero attached hydrogens (tertiary/aromatic N) is 1. The van der Waals surface area contributed by atoms with Gasteiger partial charge in [-0.1, -0.05) is 24.3 Å². The SMILES string of the molecule is CC(CS)NC(=O)c1csc(-c2ccc(CNC(=O)OC(C)(C)C)cc2)n1. The van der Waals surface area contributed by atoms with E-state index in [2.05, 4.69) is 28.2 Å². The lowest BCUT2D eigenvalue weighted by atomic mass is 10.1. The van der Waals surface area contributed by atoms with Crippen molar-refractivity contribution in [1.29, 1.82) is 0 Å². The van der Waals surface area contributed by atoms with Crippen molar-refractivity contribution >= 4 is 36.0 Å². The molecule has 0 saturated carbocycles. The molecule has 6 nitrogen and oxygen atoms in total. The third-order valence-corrected chi connectivity index (χ3v) is 4.86. The van der Waals surface area contributed by atoms with Crippen LogP contribution in [-0.2, 0) is 11.3 Å². The van der Waals surface area contributed by atoms with Crippen LogP contribution in [0.5, 0.6) is 0 Å². The quantitative estimate of drug-likeness (QED) is 0.635. The second-order valence-corrected chi connectivity index (χ2v) is 8.37. The number of hydrogen-bond acceptors (Lipinski definition) is 6. The number of ether oxygens (including phenoxy) is 1. The molecule has 2 aromatic rings. The molecule has 0 aliphatic rings. The van der Waals surface area contributed by atoms with Gasteiger partial charge < -0.3 is 15.4 Å². The molecular formula is C19H25N3O3S2. The molecule has 1 aromatic heterocycles. The number of alkyl carbamates (subject to hydrolysis) is 1. The van der Waals surface area contributed by atoms with Gasteiger partial charge in [0.25, 0.3) is 5.91 Å². The molecule has 27 heavy (non-hydrogen) atoms. The minimum absolute atomic E-state index is 0.0114. The maximum atomic E-state index is 12.1. The van der Waals surface area contributed by atoms with Crippen LogP contribution in [0.4, 0.5) is 4.79 Å². The average molecular weight is 408 g/mol. The maximum absolute atomic E-state index is 12.1. The number of carbonyl (C=O) groups excluding carboxylic acids is 2. The molecule has 0 aliphatic carbocycles. The minimum atomic E-state index is -0.520. The van der Waals surface area contributed by atoms with E-state index in [4.69, 9.17) is 4.74 Å². The lowest BCUT2D eigenvalue weighted by Crippen LogP contribution is -2.33. The first-order valence-corrected chi connectivity index (χ1v) is 10.1. The topological polar surface area (TPSA) is 80.3 Å². The average Bonchev–Trinajstić information content (AvgIpc) is 3.09. The molecule has 0 fully saturated rings. The van der Waals surface area contributed by atoms with Crippen LogP contribution in [0.3, 0.4) is 0 Å². The predicted octanol–water partition coefficient (Wildman–Crippen LogP) is 3.88. The first kappa shape index (κ1) is 21.2. The standard InChI is InChI=1S/C19H25N3O3S2/c1-12(10-26)21-16(23)15-11-27-17(22-15)14-7-5-13(6-8-14)9-20-18(24)25-19(2,3)4/h5-8,11-12,26H,9-10H2,1-4H3,(H,20,24)(H,21,23). The summed E-state index contributed by atoms with van der Waals surface area (Å²) in [6, 6.07) is 7.65. The zero-order valence-electron chi connectivity index (χ0n) is 15.9. The molecule has 0 spiro atoms. The Morgan fingerprint density at radius 2 is 1.93 bits per heavy atom. The van der Waals surface area contributed by atoms with Crippen LogP contribution >= 0.6 is 24.0 Å². The van der Waals surface area contributed by atoms with Crippen molar-refractivity contribution in [2.24, 2.45) is 0 Å². The lowest BCUT2D eigenvalue weighted by molar-refractivity contribution is 0.0523. The number of aromatic nitrogens is 1. The Morgan fingerprint density at radius 3 is 2.52 bits per heavy atom. The largest absolute Gasteiger partial charge is 0.444 e. The van der Waals surface area contributed by atoms with Crippen molar-refractivity contribution in [3.05, 3.63) is 40.9 Å². The number of thiol groups is 1. The Morgan fingerprint density at radius 1 is 1.26 bits per heavy atom. The van der Waals surface area contributed by atoms with E-state index < -0.39 is 11.7 Å². The van der Waals surface area contributed by atoms with Gasteiger partial charge in [-0.25, -0.2) is 9.78 Å². The van der Waals surface area contributed by atoms with Crippen LogP contribution in [0.15, 0.2) is 29.6 Å². The van der Waals surface area contributed by atoms with Gasteiger partial charge in [-0.2, -0.15) is 12.6 Å². The molecule has 0 aliphatic heterocycles. The summed E-state index contributed by atoms with van der Waals surface area (Å²) in [5.74, 6) is 0.374. The smallest absolute Gasteiger partial charge is 0.407 e. The van der Waals surface area contributed by atoms with Gasteiger partial charge in [-0.15, -0.1) is 11.3 Å². The molecule has 1 unspecified atom stereocenters. The van der Waals surface area contributed by atoms with Gasteiger partial charge in [0.2, 0.25) is 0 Å². The monoisotopic (exact) mass is 407 g/mol. The van der Waals surface area contributed by atoms with Crippen molar-refractivity contribution in [2.45, 2.75) is 45.9 Å². The van der Waals surface area contributed by atoms with Gasteiger partial charge in [0.05, 0.1) is 0 Å². The third-order valence-electron chi connectivity index (χ3n) is 3.42. The fourth-order valence-electron chi connectivity index (χ4n) is 2.11. The van der Waals surface area contributed by atoms with Gasteiger partial charge in [0.1, 0.15) is 16.3 Å². The second kappa shape index (κ2) is 9.23. The first-order valence-electron chi connectivity index (χ1n) is 8.61. The summed E-state index contributed by atoms with van der Waals surface area (Å²) < 4.78 is 5.21. The highest BCUT2D eigenvalue weighted by atomic mass is 32.1.